The number of nitrogens with zero attached hydrogens (tertiary/aromatic N) is 1. The summed E-state index contributed by atoms with van der Waals surface area (Å²) in [6.07, 6.45) is 2.38. The van der Waals surface area contributed by atoms with Gasteiger partial charge in [0.05, 0.1) is 19.8 Å². The zero-order valence-electron chi connectivity index (χ0n) is 13.5. The largest absolute Gasteiger partial charge is 0.493 e. The standard InChI is InChI=1S/C17H26N2O2/c1-5-17(13-18,19-14(2)3)11-8-12-21-16-10-7-6-9-15(16)20-4/h6-7,9-10,14,19H,5,8,11-12H2,1-4H3. The molecule has 0 fully saturated rings. The second kappa shape index (κ2) is 8.53. The van der Waals surface area contributed by atoms with Gasteiger partial charge in [-0.1, -0.05) is 19.1 Å². The molecule has 1 unspecified atom stereocenters. The molecule has 0 saturated carbocycles. The van der Waals surface area contributed by atoms with Crippen LogP contribution in [0.15, 0.2) is 24.3 Å². The first kappa shape index (κ1) is 17.3. The monoisotopic (exact) mass is 290 g/mol. The van der Waals surface area contributed by atoms with Gasteiger partial charge in [-0.3, -0.25) is 5.32 Å². The Morgan fingerprint density at radius 1 is 1.29 bits per heavy atom. The Morgan fingerprint density at radius 3 is 2.48 bits per heavy atom. The van der Waals surface area contributed by atoms with Crippen molar-refractivity contribution in [2.75, 3.05) is 13.7 Å². The predicted octanol–water partition coefficient (Wildman–Crippen LogP) is 3.52. The lowest BCUT2D eigenvalue weighted by molar-refractivity contribution is 0.259. The van der Waals surface area contributed by atoms with Crippen LogP contribution in [0.5, 0.6) is 11.5 Å². The molecule has 4 nitrogen and oxygen atoms in total. The van der Waals surface area contributed by atoms with E-state index in [2.05, 4.69) is 25.2 Å². The van der Waals surface area contributed by atoms with Crippen LogP contribution in [0.1, 0.15) is 40.0 Å². The Morgan fingerprint density at radius 2 is 1.95 bits per heavy atom. The fraction of sp³-hybridized carbons (Fsp3) is 0.588. The van der Waals surface area contributed by atoms with E-state index in [-0.39, 0.29) is 0 Å². The Bertz CT molecular complexity index is 468. The summed E-state index contributed by atoms with van der Waals surface area (Å²) in [7, 11) is 1.63. The van der Waals surface area contributed by atoms with Gasteiger partial charge >= 0.3 is 0 Å². The average Bonchev–Trinajstić information content (AvgIpc) is 2.50. The number of benzene rings is 1. The quantitative estimate of drug-likeness (QED) is 0.707. The lowest BCUT2D eigenvalue weighted by Crippen LogP contribution is -2.47. The van der Waals surface area contributed by atoms with E-state index >= 15 is 0 Å². The first-order valence-electron chi connectivity index (χ1n) is 7.51. The molecule has 1 atom stereocenters. The maximum absolute atomic E-state index is 9.45. The molecule has 1 rings (SSSR count). The SMILES string of the molecule is CCC(C#N)(CCCOc1ccccc1OC)NC(C)C. The highest BCUT2D eigenvalue weighted by Gasteiger charge is 2.27. The minimum Gasteiger partial charge on any atom is -0.493 e. The minimum atomic E-state index is -0.460. The molecule has 0 aliphatic heterocycles. The Labute approximate surface area is 128 Å². The minimum absolute atomic E-state index is 0.291. The molecular formula is C17H26N2O2. The van der Waals surface area contributed by atoms with E-state index in [1.54, 1.807) is 7.11 Å². The molecule has 0 bridgehead atoms. The summed E-state index contributed by atoms with van der Waals surface area (Å²) in [5.41, 5.74) is -0.460. The molecule has 0 radical (unpaired) electrons. The van der Waals surface area contributed by atoms with Crippen molar-refractivity contribution in [1.29, 1.82) is 5.26 Å². The summed E-state index contributed by atoms with van der Waals surface area (Å²) in [5, 5.41) is 12.8. The van der Waals surface area contributed by atoms with Gasteiger partial charge in [0.25, 0.3) is 0 Å². The van der Waals surface area contributed by atoms with Crippen LogP contribution in [0.3, 0.4) is 0 Å². The Kier molecular flexibility index (Phi) is 7.04. The average molecular weight is 290 g/mol. The van der Waals surface area contributed by atoms with E-state index in [4.69, 9.17) is 9.47 Å². The second-order valence-electron chi connectivity index (χ2n) is 5.45. The van der Waals surface area contributed by atoms with Crippen LogP contribution in [0, 0.1) is 11.3 Å². The number of nitrogens with one attached hydrogen (secondary N) is 1. The van der Waals surface area contributed by atoms with Gasteiger partial charge in [-0.05, 0) is 45.2 Å². The summed E-state index contributed by atoms with van der Waals surface area (Å²) in [4.78, 5) is 0. The van der Waals surface area contributed by atoms with Crippen LogP contribution in [0.2, 0.25) is 0 Å². The van der Waals surface area contributed by atoms with Crippen LogP contribution in [0.4, 0.5) is 0 Å². The van der Waals surface area contributed by atoms with Crippen molar-refractivity contribution in [2.45, 2.75) is 51.6 Å². The van der Waals surface area contributed by atoms with Crippen molar-refractivity contribution >= 4 is 0 Å². The third-order valence-electron chi connectivity index (χ3n) is 3.46. The molecule has 0 aromatic heterocycles. The topological polar surface area (TPSA) is 54.3 Å². The third kappa shape index (κ3) is 5.28. The van der Waals surface area contributed by atoms with Crippen molar-refractivity contribution in [3.8, 4) is 17.6 Å². The van der Waals surface area contributed by atoms with Gasteiger partial charge in [-0.15, -0.1) is 0 Å². The summed E-state index contributed by atoms with van der Waals surface area (Å²) < 4.78 is 11.0. The molecular weight excluding hydrogens is 264 g/mol. The van der Waals surface area contributed by atoms with Gasteiger partial charge in [0.15, 0.2) is 11.5 Å². The number of methoxy groups -OCH3 is 1. The normalized spacial score (nSPS) is 13.5. The van der Waals surface area contributed by atoms with Crippen molar-refractivity contribution in [1.82, 2.24) is 5.32 Å². The van der Waals surface area contributed by atoms with Crippen LogP contribution in [-0.2, 0) is 0 Å². The molecule has 1 N–H and O–H groups in total. The van der Waals surface area contributed by atoms with E-state index in [1.165, 1.54) is 0 Å². The second-order valence-corrected chi connectivity index (χ2v) is 5.45. The molecule has 1 aromatic rings. The fourth-order valence-electron chi connectivity index (χ4n) is 2.36. The smallest absolute Gasteiger partial charge is 0.161 e. The summed E-state index contributed by atoms with van der Waals surface area (Å²) >= 11 is 0. The molecule has 0 spiro atoms. The van der Waals surface area contributed by atoms with E-state index in [0.29, 0.717) is 12.6 Å². The molecule has 4 heteroatoms. The van der Waals surface area contributed by atoms with Gasteiger partial charge in [0.2, 0.25) is 0 Å². The molecule has 1 aromatic carbocycles. The van der Waals surface area contributed by atoms with Gasteiger partial charge in [0, 0.05) is 6.04 Å². The molecule has 0 heterocycles. The van der Waals surface area contributed by atoms with Gasteiger partial charge < -0.3 is 9.47 Å². The zero-order valence-corrected chi connectivity index (χ0v) is 13.5. The highest BCUT2D eigenvalue weighted by atomic mass is 16.5. The van der Waals surface area contributed by atoms with Crippen molar-refractivity contribution < 1.29 is 9.47 Å². The van der Waals surface area contributed by atoms with Gasteiger partial charge in [-0.25, -0.2) is 0 Å². The number of hydrogen-bond donors (Lipinski definition) is 1. The highest BCUT2D eigenvalue weighted by Crippen LogP contribution is 2.26. The summed E-state index contributed by atoms with van der Waals surface area (Å²) in [6.45, 7) is 6.74. The van der Waals surface area contributed by atoms with Crippen LogP contribution in [0.25, 0.3) is 0 Å². The fourth-order valence-corrected chi connectivity index (χ4v) is 2.36. The van der Waals surface area contributed by atoms with E-state index in [9.17, 15) is 5.26 Å². The Hall–Kier alpha value is -1.73. The maximum atomic E-state index is 9.45. The van der Waals surface area contributed by atoms with Crippen molar-refractivity contribution in [3.05, 3.63) is 24.3 Å². The van der Waals surface area contributed by atoms with E-state index in [1.807, 2.05) is 31.2 Å². The molecule has 116 valence electrons. The number of nitriles is 1. The number of rotatable bonds is 9. The molecule has 0 aliphatic carbocycles. The molecule has 0 amide bonds. The first-order chi connectivity index (χ1) is 10.1. The number of para-hydroxylation sites is 2. The zero-order chi connectivity index (χ0) is 15.7. The molecule has 0 saturated heterocycles. The lowest BCUT2D eigenvalue weighted by atomic mass is 9.91. The number of hydrogen-bond acceptors (Lipinski definition) is 4. The van der Waals surface area contributed by atoms with Crippen LogP contribution in [-0.4, -0.2) is 25.3 Å². The third-order valence-corrected chi connectivity index (χ3v) is 3.46. The van der Waals surface area contributed by atoms with E-state index < -0.39 is 5.54 Å². The van der Waals surface area contributed by atoms with Crippen molar-refractivity contribution in [3.63, 3.8) is 0 Å². The van der Waals surface area contributed by atoms with Crippen LogP contribution >= 0.6 is 0 Å². The Balaban J connectivity index is 2.50. The first-order valence-corrected chi connectivity index (χ1v) is 7.51. The van der Waals surface area contributed by atoms with Gasteiger partial charge in [0.1, 0.15) is 5.54 Å². The summed E-state index contributed by atoms with van der Waals surface area (Å²) in [6, 6.07) is 10.3. The maximum Gasteiger partial charge on any atom is 0.161 e. The molecule has 0 aliphatic rings. The van der Waals surface area contributed by atoms with Crippen LogP contribution < -0.4 is 14.8 Å². The van der Waals surface area contributed by atoms with E-state index in [0.717, 1.165) is 30.8 Å². The molecule has 21 heavy (non-hydrogen) atoms. The lowest BCUT2D eigenvalue weighted by Gasteiger charge is -2.29. The van der Waals surface area contributed by atoms with Crippen molar-refractivity contribution in [2.24, 2.45) is 0 Å². The summed E-state index contributed by atoms with van der Waals surface area (Å²) in [5.74, 6) is 1.48. The number of ether oxygens (including phenoxy) is 2. The van der Waals surface area contributed by atoms with Gasteiger partial charge in [-0.2, -0.15) is 5.26 Å². The highest BCUT2D eigenvalue weighted by molar-refractivity contribution is 5.39. The predicted molar refractivity (Wildman–Crippen MR) is 84.6 cm³/mol.